The fourth-order valence-corrected chi connectivity index (χ4v) is 3.36. The van der Waals surface area contributed by atoms with E-state index >= 15 is 0 Å². The molecule has 0 saturated carbocycles. The lowest BCUT2D eigenvalue weighted by atomic mass is 10.2. The van der Waals surface area contributed by atoms with Gasteiger partial charge in [-0.15, -0.1) is 5.10 Å². The molecule has 0 bridgehead atoms. The van der Waals surface area contributed by atoms with Gasteiger partial charge in [-0.25, -0.2) is 4.68 Å². The van der Waals surface area contributed by atoms with Gasteiger partial charge in [-0.3, -0.25) is 14.6 Å². The van der Waals surface area contributed by atoms with Gasteiger partial charge in [-0.1, -0.05) is 23.4 Å². The number of hydrogen-bond acceptors (Lipinski definition) is 6. The number of carbonyl (C=O) groups excluding carboxylic acids is 1. The lowest BCUT2D eigenvalue weighted by Crippen LogP contribution is -2.41. The van der Waals surface area contributed by atoms with Crippen molar-refractivity contribution in [2.45, 2.75) is 32.0 Å². The summed E-state index contributed by atoms with van der Waals surface area (Å²) in [7, 11) is 0. The maximum absolute atomic E-state index is 13.0. The Morgan fingerprint density at radius 3 is 2.93 bits per heavy atom. The van der Waals surface area contributed by atoms with Gasteiger partial charge in [0.1, 0.15) is 12.1 Å². The highest BCUT2D eigenvalue weighted by atomic mass is 16.5. The molecule has 0 aliphatic carbocycles. The highest BCUT2D eigenvalue weighted by Crippen LogP contribution is 2.15. The third-order valence-corrected chi connectivity index (χ3v) is 4.81. The molecule has 3 aromatic rings. The molecule has 3 heterocycles. The van der Waals surface area contributed by atoms with Gasteiger partial charge in [0, 0.05) is 32.1 Å². The Kier molecular flexibility index (Phi) is 5.38. The summed E-state index contributed by atoms with van der Waals surface area (Å²) in [5.74, 6) is -0.203. The van der Waals surface area contributed by atoms with Crippen LogP contribution in [0.3, 0.4) is 0 Å². The number of fused-ring (bicyclic) bond motifs is 1. The molecular formula is C20H21N5O3. The van der Waals surface area contributed by atoms with Crippen molar-refractivity contribution >= 4 is 16.8 Å². The topological polar surface area (TPSA) is 90.2 Å². The van der Waals surface area contributed by atoms with Crippen LogP contribution >= 0.6 is 0 Å². The smallest absolute Gasteiger partial charge is 0.278 e. The standard InChI is InChI=1S/C20H21N5O3/c26-19(14-25-20(27)17-7-1-2-8-18(17)22-23-25)24(13-16-6-4-10-28-16)12-15-5-3-9-21-11-15/h1-3,5,7-9,11,16H,4,6,10,12-14H2. The van der Waals surface area contributed by atoms with Crippen molar-refractivity contribution in [2.24, 2.45) is 0 Å². The van der Waals surface area contributed by atoms with Crippen molar-refractivity contribution in [3.05, 3.63) is 64.7 Å². The number of amides is 1. The Hall–Kier alpha value is -3.13. The van der Waals surface area contributed by atoms with Crippen LogP contribution in [-0.2, 0) is 22.6 Å². The van der Waals surface area contributed by atoms with Crippen LogP contribution in [0, 0.1) is 0 Å². The molecule has 1 aromatic carbocycles. The number of nitrogens with zero attached hydrogens (tertiary/aromatic N) is 5. The van der Waals surface area contributed by atoms with E-state index in [1.807, 2.05) is 12.1 Å². The molecule has 0 N–H and O–H groups in total. The summed E-state index contributed by atoms with van der Waals surface area (Å²) in [6, 6.07) is 10.7. The minimum Gasteiger partial charge on any atom is -0.376 e. The molecule has 1 aliphatic rings. The average Bonchev–Trinajstić information content (AvgIpc) is 3.24. The van der Waals surface area contributed by atoms with E-state index in [-0.39, 0.29) is 24.1 Å². The average molecular weight is 379 g/mol. The highest BCUT2D eigenvalue weighted by Gasteiger charge is 2.23. The largest absolute Gasteiger partial charge is 0.376 e. The number of hydrogen-bond donors (Lipinski definition) is 0. The normalized spacial score (nSPS) is 16.4. The summed E-state index contributed by atoms with van der Waals surface area (Å²) in [4.78, 5) is 31.5. The second-order valence-corrected chi connectivity index (χ2v) is 6.84. The third kappa shape index (κ3) is 4.07. The number of aromatic nitrogens is 4. The molecule has 0 radical (unpaired) electrons. The molecule has 1 amide bonds. The molecule has 0 spiro atoms. The number of benzene rings is 1. The van der Waals surface area contributed by atoms with Crippen molar-refractivity contribution in [3.8, 4) is 0 Å². The number of pyridine rings is 1. The summed E-state index contributed by atoms with van der Waals surface area (Å²) in [5.41, 5.74) is 1.12. The van der Waals surface area contributed by atoms with Crippen LogP contribution in [0.4, 0.5) is 0 Å². The van der Waals surface area contributed by atoms with Gasteiger partial charge in [-0.2, -0.15) is 0 Å². The molecule has 28 heavy (non-hydrogen) atoms. The molecular weight excluding hydrogens is 358 g/mol. The molecule has 1 saturated heterocycles. The van der Waals surface area contributed by atoms with E-state index in [0.717, 1.165) is 29.7 Å². The number of rotatable bonds is 6. The number of ether oxygens (including phenoxy) is 1. The Morgan fingerprint density at radius 2 is 2.14 bits per heavy atom. The van der Waals surface area contributed by atoms with Crippen LogP contribution in [0.2, 0.25) is 0 Å². The van der Waals surface area contributed by atoms with Gasteiger partial charge in [-0.05, 0) is 36.6 Å². The Bertz CT molecular complexity index is 1020. The van der Waals surface area contributed by atoms with Crippen LogP contribution < -0.4 is 5.56 Å². The predicted octanol–water partition coefficient (Wildman–Crippen LogP) is 1.39. The molecule has 4 rings (SSSR count). The second-order valence-electron chi connectivity index (χ2n) is 6.84. The Labute approximate surface area is 161 Å². The molecule has 144 valence electrons. The monoisotopic (exact) mass is 379 g/mol. The third-order valence-electron chi connectivity index (χ3n) is 4.81. The van der Waals surface area contributed by atoms with Gasteiger partial charge < -0.3 is 9.64 Å². The molecule has 2 aromatic heterocycles. The van der Waals surface area contributed by atoms with Gasteiger partial charge in [0.05, 0.1) is 11.5 Å². The van der Waals surface area contributed by atoms with Crippen LogP contribution in [0.5, 0.6) is 0 Å². The zero-order valence-corrected chi connectivity index (χ0v) is 15.4. The Balaban J connectivity index is 1.56. The van der Waals surface area contributed by atoms with E-state index < -0.39 is 0 Å². The van der Waals surface area contributed by atoms with Crippen LogP contribution in [-0.4, -0.2) is 50.0 Å². The van der Waals surface area contributed by atoms with E-state index in [1.54, 1.807) is 41.6 Å². The van der Waals surface area contributed by atoms with Gasteiger partial charge in [0.2, 0.25) is 5.91 Å². The summed E-state index contributed by atoms with van der Waals surface area (Å²) < 4.78 is 6.82. The van der Waals surface area contributed by atoms with Gasteiger partial charge in [0.25, 0.3) is 5.56 Å². The van der Waals surface area contributed by atoms with E-state index in [1.165, 1.54) is 0 Å². The van der Waals surface area contributed by atoms with Crippen LogP contribution in [0.15, 0.2) is 53.6 Å². The maximum Gasteiger partial charge on any atom is 0.278 e. The fraction of sp³-hybridized carbons (Fsp3) is 0.350. The maximum atomic E-state index is 13.0. The lowest BCUT2D eigenvalue weighted by Gasteiger charge is -2.25. The van der Waals surface area contributed by atoms with Gasteiger partial charge >= 0.3 is 0 Å². The molecule has 1 aliphatic heterocycles. The first-order valence-corrected chi connectivity index (χ1v) is 9.31. The SMILES string of the molecule is O=C(Cn1nnc2ccccc2c1=O)N(Cc1cccnc1)CC1CCCO1. The summed E-state index contributed by atoms with van der Waals surface area (Å²) in [5, 5.41) is 8.43. The highest BCUT2D eigenvalue weighted by molar-refractivity contribution is 5.78. The summed E-state index contributed by atoms with van der Waals surface area (Å²) in [6.45, 7) is 1.44. The van der Waals surface area contributed by atoms with Crippen molar-refractivity contribution in [3.63, 3.8) is 0 Å². The van der Waals surface area contributed by atoms with Crippen molar-refractivity contribution in [2.75, 3.05) is 13.2 Å². The molecule has 1 unspecified atom stereocenters. The van der Waals surface area contributed by atoms with E-state index in [9.17, 15) is 9.59 Å². The minimum absolute atomic E-state index is 0.0139. The zero-order chi connectivity index (χ0) is 19.3. The lowest BCUT2D eigenvalue weighted by molar-refractivity contribution is -0.134. The number of carbonyl (C=O) groups is 1. The van der Waals surface area contributed by atoms with Crippen molar-refractivity contribution in [1.82, 2.24) is 24.9 Å². The molecule has 1 fully saturated rings. The first-order valence-electron chi connectivity index (χ1n) is 9.31. The zero-order valence-electron chi connectivity index (χ0n) is 15.4. The van der Waals surface area contributed by atoms with Crippen LogP contribution in [0.1, 0.15) is 18.4 Å². The minimum atomic E-state index is -0.322. The van der Waals surface area contributed by atoms with Crippen LogP contribution in [0.25, 0.3) is 10.9 Å². The Morgan fingerprint density at radius 1 is 1.25 bits per heavy atom. The van der Waals surface area contributed by atoms with E-state index in [4.69, 9.17) is 4.74 Å². The summed E-state index contributed by atoms with van der Waals surface area (Å²) in [6.07, 6.45) is 5.36. The predicted molar refractivity (Wildman–Crippen MR) is 102 cm³/mol. The molecule has 8 heteroatoms. The van der Waals surface area contributed by atoms with E-state index in [0.29, 0.717) is 24.0 Å². The molecule has 8 nitrogen and oxygen atoms in total. The van der Waals surface area contributed by atoms with Gasteiger partial charge in [0.15, 0.2) is 0 Å². The first kappa shape index (κ1) is 18.2. The quantitative estimate of drug-likeness (QED) is 0.643. The fourth-order valence-electron chi connectivity index (χ4n) is 3.36. The van der Waals surface area contributed by atoms with E-state index in [2.05, 4.69) is 15.3 Å². The summed E-state index contributed by atoms with van der Waals surface area (Å²) >= 11 is 0. The van der Waals surface area contributed by atoms with Crippen molar-refractivity contribution < 1.29 is 9.53 Å². The van der Waals surface area contributed by atoms with Crippen molar-refractivity contribution in [1.29, 1.82) is 0 Å². The molecule has 1 atom stereocenters. The first-order chi connectivity index (χ1) is 13.7. The second kappa shape index (κ2) is 8.26.